The van der Waals surface area contributed by atoms with Crippen LogP contribution in [-0.2, 0) is 16.1 Å². The van der Waals surface area contributed by atoms with Gasteiger partial charge in [-0.2, -0.15) is 5.10 Å². The Morgan fingerprint density at radius 1 is 1.32 bits per heavy atom. The molecule has 0 bridgehead atoms. The number of aromatic nitrogens is 3. The number of pyridine rings is 1. The van der Waals surface area contributed by atoms with E-state index < -0.39 is 6.04 Å². The highest BCUT2D eigenvalue weighted by molar-refractivity contribution is 5.87. The van der Waals surface area contributed by atoms with Gasteiger partial charge in [-0.05, 0) is 42.5 Å². The van der Waals surface area contributed by atoms with E-state index in [0.717, 1.165) is 31.2 Å². The molecule has 0 unspecified atom stereocenters. The number of carbonyl (C=O) groups is 2. The molecule has 132 valence electrons. The highest BCUT2D eigenvalue weighted by Gasteiger charge is 2.31. The average molecular weight is 341 g/mol. The number of hydrogen-bond acceptors (Lipinski definition) is 4. The Morgan fingerprint density at radius 2 is 2.12 bits per heavy atom. The Bertz CT molecular complexity index is 723. The van der Waals surface area contributed by atoms with Crippen molar-refractivity contribution in [3.8, 4) is 5.82 Å². The van der Waals surface area contributed by atoms with Crippen LogP contribution in [0.3, 0.4) is 0 Å². The fourth-order valence-electron chi connectivity index (χ4n) is 3.31. The maximum Gasteiger partial charge on any atom is 0.243 e. The molecule has 7 heteroatoms. The van der Waals surface area contributed by atoms with Crippen molar-refractivity contribution in [3.05, 3.63) is 42.4 Å². The fraction of sp³-hybridized carbons (Fsp3) is 0.444. The predicted molar refractivity (Wildman–Crippen MR) is 92.8 cm³/mol. The third-order valence-electron chi connectivity index (χ3n) is 4.53. The van der Waals surface area contributed by atoms with Crippen LogP contribution in [0.4, 0.5) is 0 Å². The topological polar surface area (TPSA) is 88.9 Å². The lowest BCUT2D eigenvalue weighted by Crippen LogP contribution is -2.49. The van der Waals surface area contributed by atoms with Gasteiger partial charge in [0.2, 0.25) is 11.8 Å². The lowest BCUT2D eigenvalue weighted by Gasteiger charge is -2.23. The third-order valence-corrected chi connectivity index (χ3v) is 4.53. The molecule has 1 atom stereocenters. The summed E-state index contributed by atoms with van der Waals surface area (Å²) in [5.41, 5.74) is 0.932. The number of nitrogens with one attached hydrogen (secondary N) is 2. The van der Waals surface area contributed by atoms with Gasteiger partial charge < -0.3 is 10.6 Å². The molecular weight excluding hydrogens is 318 g/mol. The maximum absolute atomic E-state index is 12.6. The quantitative estimate of drug-likeness (QED) is 0.835. The van der Waals surface area contributed by atoms with Gasteiger partial charge in [0, 0.05) is 32.1 Å². The van der Waals surface area contributed by atoms with Crippen molar-refractivity contribution in [2.24, 2.45) is 5.92 Å². The van der Waals surface area contributed by atoms with Gasteiger partial charge in [0.25, 0.3) is 0 Å². The van der Waals surface area contributed by atoms with Gasteiger partial charge in [-0.1, -0.05) is 12.8 Å². The van der Waals surface area contributed by atoms with Crippen LogP contribution in [0.1, 0.15) is 38.2 Å². The monoisotopic (exact) mass is 341 g/mol. The summed E-state index contributed by atoms with van der Waals surface area (Å²) in [5, 5.41) is 9.91. The highest BCUT2D eigenvalue weighted by atomic mass is 16.2. The molecule has 0 aromatic carbocycles. The fourth-order valence-corrected chi connectivity index (χ4v) is 3.31. The molecule has 0 aliphatic heterocycles. The van der Waals surface area contributed by atoms with E-state index in [1.54, 1.807) is 17.1 Å². The summed E-state index contributed by atoms with van der Waals surface area (Å²) in [5.74, 6) is 0.628. The number of carbonyl (C=O) groups excluding carboxylic acids is 2. The van der Waals surface area contributed by atoms with Crippen molar-refractivity contribution in [3.63, 3.8) is 0 Å². The highest BCUT2D eigenvalue weighted by Crippen LogP contribution is 2.28. The van der Waals surface area contributed by atoms with E-state index in [-0.39, 0.29) is 17.7 Å². The second-order valence-electron chi connectivity index (χ2n) is 6.41. The van der Waals surface area contributed by atoms with Crippen LogP contribution < -0.4 is 10.6 Å². The molecule has 7 nitrogen and oxygen atoms in total. The van der Waals surface area contributed by atoms with Crippen LogP contribution in [0.2, 0.25) is 0 Å². The van der Waals surface area contributed by atoms with Crippen LogP contribution >= 0.6 is 0 Å². The first-order chi connectivity index (χ1) is 12.1. The summed E-state index contributed by atoms with van der Waals surface area (Å²) in [4.78, 5) is 28.3. The molecule has 0 saturated heterocycles. The van der Waals surface area contributed by atoms with E-state index in [2.05, 4.69) is 20.7 Å². The van der Waals surface area contributed by atoms with Gasteiger partial charge in [0.05, 0.1) is 0 Å². The molecule has 2 aromatic rings. The minimum Gasteiger partial charge on any atom is -0.350 e. The van der Waals surface area contributed by atoms with Gasteiger partial charge in [-0.15, -0.1) is 0 Å². The Labute approximate surface area is 146 Å². The first-order valence-corrected chi connectivity index (χ1v) is 8.63. The molecule has 1 aliphatic carbocycles. The van der Waals surface area contributed by atoms with Crippen LogP contribution in [0.25, 0.3) is 5.82 Å². The van der Waals surface area contributed by atoms with Crippen molar-refractivity contribution < 1.29 is 9.59 Å². The lowest BCUT2D eigenvalue weighted by atomic mass is 9.97. The summed E-state index contributed by atoms with van der Waals surface area (Å²) in [7, 11) is 0. The summed E-state index contributed by atoms with van der Waals surface area (Å²) < 4.78 is 1.67. The molecule has 2 amide bonds. The lowest BCUT2D eigenvalue weighted by molar-refractivity contribution is -0.129. The molecule has 2 N–H and O–H groups in total. The van der Waals surface area contributed by atoms with Gasteiger partial charge in [0.1, 0.15) is 6.04 Å². The van der Waals surface area contributed by atoms with Gasteiger partial charge in [-0.25, -0.2) is 9.67 Å². The normalized spacial score (nSPS) is 15.7. The summed E-state index contributed by atoms with van der Waals surface area (Å²) in [6, 6.07) is 5.12. The minimum atomic E-state index is -0.451. The Balaban J connectivity index is 1.64. The summed E-state index contributed by atoms with van der Waals surface area (Å²) in [6.45, 7) is 1.84. The Hall–Kier alpha value is -2.70. The van der Waals surface area contributed by atoms with Crippen LogP contribution in [0.5, 0.6) is 0 Å². The van der Waals surface area contributed by atoms with E-state index in [0.29, 0.717) is 12.4 Å². The molecule has 2 heterocycles. The smallest absolute Gasteiger partial charge is 0.243 e. The van der Waals surface area contributed by atoms with E-state index in [1.165, 1.54) is 6.92 Å². The van der Waals surface area contributed by atoms with Crippen molar-refractivity contribution in [2.75, 3.05) is 0 Å². The maximum atomic E-state index is 12.6. The Morgan fingerprint density at radius 3 is 2.80 bits per heavy atom. The molecule has 25 heavy (non-hydrogen) atoms. The van der Waals surface area contributed by atoms with Crippen molar-refractivity contribution in [2.45, 2.75) is 45.2 Å². The zero-order valence-corrected chi connectivity index (χ0v) is 14.3. The zero-order valence-electron chi connectivity index (χ0n) is 14.3. The average Bonchev–Trinajstić information content (AvgIpc) is 3.31. The molecule has 1 saturated carbocycles. The van der Waals surface area contributed by atoms with Crippen molar-refractivity contribution >= 4 is 11.8 Å². The number of rotatable bonds is 6. The Kier molecular flexibility index (Phi) is 5.42. The summed E-state index contributed by atoms with van der Waals surface area (Å²) >= 11 is 0. The largest absolute Gasteiger partial charge is 0.350 e. The van der Waals surface area contributed by atoms with Gasteiger partial charge in [0.15, 0.2) is 5.82 Å². The van der Waals surface area contributed by atoms with Crippen molar-refractivity contribution in [1.29, 1.82) is 0 Å². The van der Waals surface area contributed by atoms with Crippen LogP contribution in [0.15, 0.2) is 36.8 Å². The van der Waals surface area contributed by atoms with E-state index >= 15 is 0 Å². The van der Waals surface area contributed by atoms with Gasteiger partial charge in [-0.3, -0.25) is 9.59 Å². The standard InChI is InChI=1S/C18H23N5O2/c1-13(24)22-17(15-5-2-3-6-15)18(25)20-12-14-7-9-19-16(11-14)23-10-4-8-21-23/h4,7-11,15,17H,2-3,5-6,12H2,1H3,(H,20,25)(H,22,24)/t17-/m1/s1. The number of amides is 2. The van der Waals surface area contributed by atoms with Gasteiger partial charge >= 0.3 is 0 Å². The second kappa shape index (κ2) is 7.92. The molecule has 1 fully saturated rings. The molecular formula is C18H23N5O2. The van der Waals surface area contributed by atoms with Crippen LogP contribution in [-0.4, -0.2) is 32.6 Å². The molecule has 2 aromatic heterocycles. The predicted octanol–water partition coefficient (Wildman–Crippen LogP) is 1.58. The SMILES string of the molecule is CC(=O)N[C@@H](C(=O)NCc1ccnc(-n2cccn2)c1)C1CCCC1. The van der Waals surface area contributed by atoms with Crippen molar-refractivity contribution in [1.82, 2.24) is 25.4 Å². The number of nitrogens with zero attached hydrogens (tertiary/aromatic N) is 3. The molecule has 0 radical (unpaired) electrons. The second-order valence-corrected chi connectivity index (χ2v) is 6.41. The molecule has 1 aliphatic rings. The number of hydrogen-bond donors (Lipinski definition) is 2. The van der Waals surface area contributed by atoms with E-state index in [1.807, 2.05) is 24.4 Å². The van der Waals surface area contributed by atoms with Crippen LogP contribution in [0, 0.1) is 5.92 Å². The first kappa shape index (κ1) is 17.1. The zero-order chi connectivity index (χ0) is 17.6. The molecule has 3 rings (SSSR count). The van der Waals surface area contributed by atoms with E-state index in [9.17, 15) is 9.59 Å². The first-order valence-electron chi connectivity index (χ1n) is 8.63. The summed E-state index contributed by atoms with van der Waals surface area (Å²) in [6.07, 6.45) is 9.40. The third kappa shape index (κ3) is 4.43. The molecule has 0 spiro atoms. The minimum absolute atomic E-state index is 0.125. The van der Waals surface area contributed by atoms with E-state index in [4.69, 9.17) is 0 Å².